The fourth-order valence-electron chi connectivity index (χ4n) is 1.69. The number of amides is 1. The van der Waals surface area contributed by atoms with E-state index in [0.717, 1.165) is 22.8 Å². The lowest BCUT2D eigenvalue weighted by Gasteiger charge is -2.10. The lowest BCUT2D eigenvalue weighted by molar-refractivity contribution is -0.141. The van der Waals surface area contributed by atoms with Gasteiger partial charge in [-0.1, -0.05) is 0 Å². The summed E-state index contributed by atoms with van der Waals surface area (Å²) in [5, 5.41) is 5.20. The van der Waals surface area contributed by atoms with Gasteiger partial charge in [0.1, 0.15) is 10.7 Å². The molecule has 0 aliphatic carbocycles. The van der Waals surface area contributed by atoms with Crippen LogP contribution in [-0.2, 0) is 12.7 Å². The molecule has 1 amide bonds. The molecule has 2 aromatic rings. The van der Waals surface area contributed by atoms with E-state index >= 15 is 0 Å². The molecule has 1 N–H and O–H groups in total. The highest BCUT2D eigenvalue weighted by Gasteiger charge is 2.33. The zero-order valence-electron chi connectivity index (χ0n) is 11.3. The minimum absolute atomic E-state index is 0.0395. The Hall–Kier alpha value is -1.96. The number of carbonyl (C=O) groups excluding carboxylic acids is 1. The third-order valence-corrected chi connectivity index (χ3v) is 3.65. The van der Waals surface area contributed by atoms with Gasteiger partial charge < -0.3 is 5.32 Å². The highest BCUT2D eigenvalue weighted by molar-refractivity contribution is 7.09. The van der Waals surface area contributed by atoms with E-state index < -0.39 is 17.8 Å². The third-order valence-electron chi connectivity index (χ3n) is 2.69. The molecule has 0 atom stereocenters. The molecule has 2 rings (SSSR count). The van der Waals surface area contributed by atoms with Crippen molar-refractivity contribution >= 4 is 17.2 Å². The van der Waals surface area contributed by atoms with Crippen molar-refractivity contribution in [2.45, 2.75) is 26.6 Å². The Balaban J connectivity index is 2.09. The number of hydrogen-bond donors (Lipinski definition) is 1. The summed E-state index contributed by atoms with van der Waals surface area (Å²) in [6.07, 6.45) is -4.52. The van der Waals surface area contributed by atoms with Crippen molar-refractivity contribution in [3.63, 3.8) is 0 Å². The minimum atomic E-state index is -4.52. The minimum Gasteiger partial charge on any atom is -0.345 e. The Kier molecular flexibility index (Phi) is 4.26. The molecule has 0 aliphatic rings. The fourth-order valence-corrected chi connectivity index (χ4v) is 2.41. The van der Waals surface area contributed by atoms with Crippen LogP contribution in [0.4, 0.5) is 13.2 Å². The maximum Gasteiger partial charge on any atom is 0.433 e. The maximum absolute atomic E-state index is 12.5. The van der Waals surface area contributed by atoms with E-state index in [-0.39, 0.29) is 17.8 Å². The van der Waals surface area contributed by atoms with Crippen molar-refractivity contribution < 1.29 is 18.0 Å². The summed E-state index contributed by atoms with van der Waals surface area (Å²) in [5.41, 5.74) is 0.0117. The van der Waals surface area contributed by atoms with E-state index in [2.05, 4.69) is 15.3 Å². The first-order chi connectivity index (χ1) is 9.77. The molecule has 21 heavy (non-hydrogen) atoms. The fraction of sp³-hybridized carbons (Fsp3) is 0.308. The monoisotopic (exact) mass is 315 g/mol. The van der Waals surface area contributed by atoms with Gasteiger partial charge in [0.2, 0.25) is 0 Å². The average Bonchev–Trinajstić information content (AvgIpc) is 2.80. The van der Waals surface area contributed by atoms with Gasteiger partial charge in [0.25, 0.3) is 5.91 Å². The summed E-state index contributed by atoms with van der Waals surface area (Å²) >= 11 is 1.41. The summed E-state index contributed by atoms with van der Waals surface area (Å²) in [6, 6.07) is 1.93. The SMILES string of the molecule is Cc1csc(CNC(=O)c2ccc(C(F)(F)F)nc2C)n1. The molecular formula is C13H12F3N3OS. The van der Waals surface area contributed by atoms with Crippen molar-refractivity contribution in [1.29, 1.82) is 0 Å². The zero-order valence-corrected chi connectivity index (χ0v) is 12.1. The largest absolute Gasteiger partial charge is 0.433 e. The topological polar surface area (TPSA) is 54.9 Å². The molecule has 0 bridgehead atoms. The number of pyridine rings is 1. The van der Waals surface area contributed by atoms with E-state index in [1.807, 2.05) is 12.3 Å². The summed E-state index contributed by atoms with van der Waals surface area (Å²) < 4.78 is 37.5. The second-order valence-corrected chi connectivity index (χ2v) is 5.34. The highest BCUT2D eigenvalue weighted by atomic mass is 32.1. The molecule has 0 saturated carbocycles. The van der Waals surface area contributed by atoms with Gasteiger partial charge in [-0.2, -0.15) is 13.2 Å². The second kappa shape index (κ2) is 5.80. The first-order valence-electron chi connectivity index (χ1n) is 6.01. The van der Waals surface area contributed by atoms with Crippen molar-refractivity contribution in [1.82, 2.24) is 15.3 Å². The molecule has 0 aromatic carbocycles. The number of alkyl halides is 3. The number of aromatic nitrogens is 2. The lowest BCUT2D eigenvalue weighted by Crippen LogP contribution is -2.24. The Morgan fingerprint density at radius 2 is 2.00 bits per heavy atom. The van der Waals surface area contributed by atoms with E-state index in [1.54, 1.807) is 0 Å². The van der Waals surface area contributed by atoms with Crippen LogP contribution in [0.1, 0.15) is 32.4 Å². The molecule has 2 aromatic heterocycles. The Labute approximate surface area is 123 Å². The predicted octanol–water partition coefficient (Wildman–Crippen LogP) is 3.10. The summed E-state index contributed by atoms with van der Waals surface area (Å²) in [4.78, 5) is 19.6. The average molecular weight is 315 g/mol. The Morgan fingerprint density at radius 1 is 1.29 bits per heavy atom. The Bertz CT molecular complexity index is 667. The number of nitrogens with zero attached hydrogens (tertiary/aromatic N) is 2. The van der Waals surface area contributed by atoms with E-state index in [4.69, 9.17) is 0 Å². The summed E-state index contributed by atoms with van der Waals surface area (Å²) in [6.45, 7) is 3.45. The van der Waals surface area contributed by atoms with Crippen LogP contribution in [0.5, 0.6) is 0 Å². The molecule has 0 aliphatic heterocycles. The highest BCUT2D eigenvalue weighted by Crippen LogP contribution is 2.28. The van der Waals surface area contributed by atoms with Crippen LogP contribution >= 0.6 is 11.3 Å². The van der Waals surface area contributed by atoms with Crippen LogP contribution in [0.25, 0.3) is 0 Å². The molecule has 112 valence electrons. The van der Waals surface area contributed by atoms with Crippen molar-refractivity contribution in [2.24, 2.45) is 0 Å². The van der Waals surface area contributed by atoms with Gasteiger partial charge in [-0.3, -0.25) is 4.79 Å². The molecule has 0 saturated heterocycles. The predicted molar refractivity (Wildman–Crippen MR) is 72.0 cm³/mol. The zero-order chi connectivity index (χ0) is 15.6. The quantitative estimate of drug-likeness (QED) is 0.947. The molecule has 8 heteroatoms. The van der Waals surface area contributed by atoms with Gasteiger partial charge >= 0.3 is 6.18 Å². The number of hydrogen-bond acceptors (Lipinski definition) is 4. The van der Waals surface area contributed by atoms with Gasteiger partial charge in [0.15, 0.2) is 0 Å². The first-order valence-corrected chi connectivity index (χ1v) is 6.89. The standard InChI is InChI=1S/C13H12F3N3OS/c1-7-6-21-11(18-7)5-17-12(20)9-3-4-10(13(14,15)16)19-8(9)2/h3-4,6H,5H2,1-2H3,(H,17,20). The summed E-state index contributed by atoms with van der Waals surface area (Å²) in [7, 11) is 0. The number of carbonyl (C=O) groups is 1. The molecule has 0 unspecified atom stereocenters. The van der Waals surface area contributed by atoms with Gasteiger partial charge in [0, 0.05) is 11.1 Å². The van der Waals surface area contributed by atoms with Crippen LogP contribution in [0.3, 0.4) is 0 Å². The second-order valence-electron chi connectivity index (χ2n) is 4.39. The summed E-state index contributed by atoms with van der Waals surface area (Å²) in [5.74, 6) is -0.471. The van der Waals surface area contributed by atoms with Gasteiger partial charge in [-0.25, -0.2) is 9.97 Å². The molecule has 0 fully saturated rings. The molecular weight excluding hydrogens is 303 g/mol. The van der Waals surface area contributed by atoms with Crippen molar-refractivity contribution in [3.05, 3.63) is 45.2 Å². The smallest absolute Gasteiger partial charge is 0.345 e. The van der Waals surface area contributed by atoms with Gasteiger partial charge in [-0.15, -0.1) is 11.3 Å². The van der Waals surface area contributed by atoms with Gasteiger partial charge in [0.05, 0.1) is 17.8 Å². The first kappa shape index (κ1) is 15.4. The van der Waals surface area contributed by atoms with Crippen molar-refractivity contribution in [3.8, 4) is 0 Å². The number of halogens is 3. The molecule has 4 nitrogen and oxygen atoms in total. The van der Waals surface area contributed by atoms with Crippen LogP contribution in [0.2, 0.25) is 0 Å². The molecule has 0 radical (unpaired) electrons. The Morgan fingerprint density at radius 3 is 2.52 bits per heavy atom. The van der Waals surface area contributed by atoms with Crippen LogP contribution in [0, 0.1) is 13.8 Å². The van der Waals surface area contributed by atoms with E-state index in [0.29, 0.717) is 0 Å². The number of nitrogens with one attached hydrogen (secondary N) is 1. The van der Waals surface area contributed by atoms with Crippen LogP contribution in [0.15, 0.2) is 17.5 Å². The van der Waals surface area contributed by atoms with E-state index in [1.165, 1.54) is 18.3 Å². The van der Waals surface area contributed by atoms with E-state index in [9.17, 15) is 18.0 Å². The van der Waals surface area contributed by atoms with Crippen LogP contribution in [-0.4, -0.2) is 15.9 Å². The third kappa shape index (κ3) is 3.78. The normalized spacial score (nSPS) is 11.5. The number of rotatable bonds is 3. The number of aryl methyl sites for hydroxylation is 2. The lowest BCUT2D eigenvalue weighted by atomic mass is 10.1. The maximum atomic E-state index is 12.5. The molecule has 0 spiro atoms. The number of thiazole rings is 1. The molecule has 2 heterocycles. The van der Waals surface area contributed by atoms with Crippen molar-refractivity contribution in [2.75, 3.05) is 0 Å². The van der Waals surface area contributed by atoms with Crippen LogP contribution < -0.4 is 5.32 Å². The van der Waals surface area contributed by atoms with Gasteiger partial charge in [-0.05, 0) is 26.0 Å².